The van der Waals surface area contributed by atoms with E-state index in [0.717, 1.165) is 17.3 Å². The van der Waals surface area contributed by atoms with E-state index in [1.165, 1.54) is 11.8 Å². The topological polar surface area (TPSA) is 63.7 Å². The van der Waals surface area contributed by atoms with Crippen molar-refractivity contribution in [2.24, 2.45) is 0 Å². The van der Waals surface area contributed by atoms with Crippen LogP contribution in [0.4, 0.5) is 5.69 Å². The molecule has 0 radical (unpaired) electrons. The van der Waals surface area contributed by atoms with Crippen molar-refractivity contribution < 1.29 is 17.9 Å². The number of hydrogen-bond acceptors (Lipinski definition) is 4. The maximum absolute atomic E-state index is 12.9. The summed E-state index contributed by atoms with van der Waals surface area (Å²) in [5.74, 6) is -0.421. The van der Waals surface area contributed by atoms with Gasteiger partial charge in [0, 0.05) is 23.3 Å². The standard InChI is InChI=1S/C18H28BrNO4S/c1-5-6-12-24-13-11-20(17-9-7-16(19)8-10-17)18(21)15(4)25(22,23)14(2)3/h7-10,14-15H,5-6,11-13H2,1-4H3/t15-/m1/s1. The van der Waals surface area contributed by atoms with E-state index in [1.807, 2.05) is 12.1 Å². The lowest BCUT2D eigenvalue weighted by molar-refractivity contribution is -0.118. The summed E-state index contributed by atoms with van der Waals surface area (Å²) in [6.07, 6.45) is 2.00. The van der Waals surface area contributed by atoms with Crippen LogP contribution in [0.15, 0.2) is 28.7 Å². The summed E-state index contributed by atoms with van der Waals surface area (Å²) in [6.45, 7) is 8.06. The van der Waals surface area contributed by atoms with E-state index in [-0.39, 0.29) is 0 Å². The van der Waals surface area contributed by atoms with Crippen LogP contribution in [0, 0.1) is 0 Å². The van der Waals surface area contributed by atoms with Gasteiger partial charge in [-0.1, -0.05) is 29.3 Å². The summed E-state index contributed by atoms with van der Waals surface area (Å²) in [5.41, 5.74) is 0.665. The van der Waals surface area contributed by atoms with Crippen molar-refractivity contribution in [2.45, 2.75) is 51.0 Å². The first-order valence-corrected chi connectivity index (χ1v) is 11.0. The number of nitrogens with zero attached hydrogens (tertiary/aromatic N) is 1. The Labute approximate surface area is 159 Å². The number of sulfone groups is 1. The van der Waals surface area contributed by atoms with Gasteiger partial charge in [-0.05, 0) is 51.5 Å². The largest absolute Gasteiger partial charge is 0.380 e. The Morgan fingerprint density at radius 1 is 1.16 bits per heavy atom. The number of amides is 1. The first-order chi connectivity index (χ1) is 11.7. The molecule has 142 valence electrons. The Hall–Kier alpha value is -0.920. The number of rotatable bonds is 10. The molecule has 0 saturated heterocycles. The van der Waals surface area contributed by atoms with E-state index in [1.54, 1.807) is 26.0 Å². The van der Waals surface area contributed by atoms with E-state index in [4.69, 9.17) is 4.74 Å². The first kappa shape index (κ1) is 22.1. The van der Waals surface area contributed by atoms with Gasteiger partial charge in [-0.2, -0.15) is 0 Å². The van der Waals surface area contributed by atoms with Gasteiger partial charge in [0.1, 0.15) is 5.25 Å². The predicted octanol–water partition coefficient (Wildman–Crippen LogP) is 3.81. The molecular formula is C18H28BrNO4S. The fourth-order valence-electron chi connectivity index (χ4n) is 2.26. The van der Waals surface area contributed by atoms with Crippen molar-refractivity contribution in [2.75, 3.05) is 24.7 Å². The van der Waals surface area contributed by atoms with Crippen LogP contribution in [0.25, 0.3) is 0 Å². The van der Waals surface area contributed by atoms with E-state index in [9.17, 15) is 13.2 Å². The highest BCUT2D eigenvalue weighted by atomic mass is 79.9. The molecule has 1 atom stereocenters. The third-order valence-electron chi connectivity index (χ3n) is 4.00. The van der Waals surface area contributed by atoms with Gasteiger partial charge in [-0.15, -0.1) is 0 Å². The Balaban J connectivity index is 2.96. The Morgan fingerprint density at radius 2 is 1.76 bits per heavy atom. The second-order valence-corrected chi connectivity index (χ2v) is 9.96. The molecule has 1 aromatic rings. The number of benzene rings is 1. The fraction of sp³-hybridized carbons (Fsp3) is 0.611. The van der Waals surface area contributed by atoms with Gasteiger partial charge in [0.25, 0.3) is 0 Å². The van der Waals surface area contributed by atoms with Crippen LogP contribution >= 0.6 is 15.9 Å². The molecular weight excluding hydrogens is 406 g/mol. The molecule has 0 aliphatic carbocycles. The minimum absolute atomic E-state index is 0.322. The predicted molar refractivity (Wildman–Crippen MR) is 106 cm³/mol. The molecule has 7 heteroatoms. The quantitative estimate of drug-likeness (QED) is 0.526. The van der Waals surface area contributed by atoms with Crippen LogP contribution in [0.2, 0.25) is 0 Å². The monoisotopic (exact) mass is 433 g/mol. The van der Waals surface area contributed by atoms with Gasteiger partial charge < -0.3 is 9.64 Å². The number of carbonyl (C=O) groups excluding carboxylic acids is 1. The number of hydrogen-bond donors (Lipinski definition) is 0. The van der Waals surface area contributed by atoms with E-state index in [2.05, 4.69) is 22.9 Å². The number of anilines is 1. The highest BCUT2D eigenvalue weighted by Gasteiger charge is 2.34. The molecule has 5 nitrogen and oxygen atoms in total. The molecule has 1 rings (SSSR count). The SMILES string of the molecule is CCCCOCCN(C(=O)[C@@H](C)S(=O)(=O)C(C)C)c1ccc(Br)cc1. The van der Waals surface area contributed by atoms with Crippen LogP contribution in [0.3, 0.4) is 0 Å². The van der Waals surface area contributed by atoms with Crippen molar-refractivity contribution in [1.29, 1.82) is 0 Å². The Bertz CT molecular complexity index is 644. The maximum atomic E-state index is 12.9. The summed E-state index contributed by atoms with van der Waals surface area (Å²) >= 11 is 3.37. The average molecular weight is 434 g/mol. The number of unbranched alkanes of at least 4 members (excludes halogenated alkanes) is 1. The molecule has 0 heterocycles. The minimum atomic E-state index is -3.52. The zero-order chi connectivity index (χ0) is 19.0. The smallest absolute Gasteiger partial charge is 0.245 e. The van der Waals surface area contributed by atoms with E-state index >= 15 is 0 Å². The van der Waals surface area contributed by atoms with E-state index < -0.39 is 26.2 Å². The second kappa shape index (κ2) is 10.3. The Morgan fingerprint density at radius 3 is 2.28 bits per heavy atom. The molecule has 0 bridgehead atoms. The second-order valence-electron chi connectivity index (χ2n) is 6.21. The van der Waals surface area contributed by atoms with Crippen LogP contribution < -0.4 is 4.90 Å². The maximum Gasteiger partial charge on any atom is 0.245 e. The van der Waals surface area contributed by atoms with Crippen LogP contribution in [0.5, 0.6) is 0 Å². The molecule has 1 amide bonds. The normalized spacial score (nSPS) is 13.0. The average Bonchev–Trinajstić information content (AvgIpc) is 2.57. The van der Waals surface area contributed by atoms with Crippen LogP contribution in [-0.2, 0) is 19.4 Å². The molecule has 0 saturated carbocycles. The number of halogens is 1. The summed E-state index contributed by atoms with van der Waals surface area (Å²) in [7, 11) is -3.52. The lowest BCUT2D eigenvalue weighted by Crippen LogP contribution is -2.45. The van der Waals surface area contributed by atoms with Crippen molar-refractivity contribution in [3.05, 3.63) is 28.7 Å². The summed E-state index contributed by atoms with van der Waals surface area (Å²) in [6, 6.07) is 7.25. The highest BCUT2D eigenvalue weighted by Crippen LogP contribution is 2.21. The van der Waals surface area contributed by atoms with Crippen molar-refractivity contribution in [3.8, 4) is 0 Å². The number of ether oxygens (including phenoxy) is 1. The minimum Gasteiger partial charge on any atom is -0.380 e. The van der Waals surface area contributed by atoms with Crippen molar-refractivity contribution >= 4 is 37.4 Å². The third kappa shape index (κ3) is 6.38. The molecule has 0 aromatic heterocycles. The van der Waals surface area contributed by atoms with Gasteiger partial charge in [0.2, 0.25) is 5.91 Å². The number of carbonyl (C=O) groups is 1. The molecule has 0 aliphatic rings. The zero-order valence-corrected chi connectivity index (χ0v) is 17.8. The van der Waals surface area contributed by atoms with Gasteiger partial charge in [-0.25, -0.2) is 8.42 Å². The van der Waals surface area contributed by atoms with Crippen LogP contribution in [-0.4, -0.2) is 44.6 Å². The Kier molecular flexibility index (Phi) is 9.10. The molecule has 0 fully saturated rings. The van der Waals surface area contributed by atoms with Gasteiger partial charge >= 0.3 is 0 Å². The summed E-state index contributed by atoms with van der Waals surface area (Å²) in [5, 5.41) is -1.69. The zero-order valence-electron chi connectivity index (χ0n) is 15.4. The van der Waals surface area contributed by atoms with E-state index in [0.29, 0.717) is 25.4 Å². The van der Waals surface area contributed by atoms with Gasteiger partial charge in [0.15, 0.2) is 9.84 Å². The molecule has 0 unspecified atom stereocenters. The van der Waals surface area contributed by atoms with Gasteiger partial charge in [-0.3, -0.25) is 4.79 Å². The summed E-state index contributed by atoms with van der Waals surface area (Å²) < 4.78 is 31.2. The first-order valence-electron chi connectivity index (χ1n) is 8.59. The molecule has 1 aromatic carbocycles. The van der Waals surface area contributed by atoms with Gasteiger partial charge in [0.05, 0.1) is 11.9 Å². The molecule has 0 N–H and O–H groups in total. The molecule has 0 spiro atoms. The van der Waals surface area contributed by atoms with Crippen LogP contribution in [0.1, 0.15) is 40.5 Å². The fourth-order valence-corrected chi connectivity index (χ4v) is 3.75. The lowest BCUT2D eigenvalue weighted by Gasteiger charge is -2.27. The lowest BCUT2D eigenvalue weighted by atomic mass is 10.2. The highest BCUT2D eigenvalue weighted by molar-refractivity contribution is 9.10. The van der Waals surface area contributed by atoms with Crippen molar-refractivity contribution in [1.82, 2.24) is 0 Å². The van der Waals surface area contributed by atoms with Crippen molar-refractivity contribution in [3.63, 3.8) is 0 Å². The molecule has 25 heavy (non-hydrogen) atoms. The third-order valence-corrected chi connectivity index (χ3v) is 7.03. The summed E-state index contributed by atoms with van der Waals surface area (Å²) in [4.78, 5) is 14.4. The molecule has 0 aliphatic heterocycles.